The van der Waals surface area contributed by atoms with Crippen LogP contribution in [0.25, 0.3) is 0 Å². The first-order valence-corrected chi connectivity index (χ1v) is 7.19. The molecular formula is C14H23N3. The van der Waals surface area contributed by atoms with Gasteiger partial charge in [0.2, 0.25) is 0 Å². The van der Waals surface area contributed by atoms with Crippen LogP contribution < -0.4 is 0 Å². The molecule has 0 atom stereocenters. The Hall–Kier alpha value is -0.830. The average Bonchev–Trinajstić information content (AvgIpc) is 2.81. The molecule has 1 fully saturated rings. The molecule has 3 nitrogen and oxygen atoms in total. The number of aryl methyl sites for hydroxylation is 1. The van der Waals surface area contributed by atoms with E-state index in [2.05, 4.69) is 20.9 Å². The topological polar surface area (TPSA) is 21.1 Å². The molecule has 0 N–H and O–H groups in total. The number of hydrogen-bond donors (Lipinski definition) is 0. The van der Waals surface area contributed by atoms with Gasteiger partial charge in [0.05, 0.1) is 12.7 Å². The van der Waals surface area contributed by atoms with Gasteiger partial charge < -0.3 is 4.90 Å². The predicted molar refractivity (Wildman–Crippen MR) is 69.2 cm³/mol. The summed E-state index contributed by atoms with van der Waals surface area (Å²) in [6, 6.07) is 0. The highest BCUT2D eigenvalue weighted by molar-refractivity contribution is 5.20. The van der Waals surface area contributed by atoms with E-state index < -0.39 is 0 Å². The van der Waals surface area contributed by atoms with Gasteiger partial charge in [0.15, 0.2) is 0 Å². The second kappa shape index (κ2) is 5.21. The van der Waals surface area contributed by atoms with E-state index in [1.165, 1.54) is 75.8 Å². The van der Waals surface area contributed by atoms with Gasteiger partial charge in [-0.2, -0.15) is 5.10 Å². The van der Waals surface area contributed by atoms with E-state index in [0.29, 0.717) is 0 Å². The Labute approximate surface area is 104 Å². The molecule has 0 saturated carbocycles. The van der Waals surface area contributed by atoms with E-state index in [-0.39, 0.29) is 0 Å². The second-order valence-corrected chi connectivity index (χ2v) is 5.45. The maximum Gasteiger partial charge on any atom is 0.0539 e. The van der Waals surface area contributed by atoms with Gasteiger partial charge in [-0.3, -0.25) is 4.68 Å². The second-order valence-electron chi connectivity index (χ2n) is 5.45. The number of rotatable bonds is 3. The monoisotopic (exact) mass is 233 g/mol. The van der Waals surface area contributed by atoms with Crippen molar-refractivity contribution in [2.75, 3.05) is 19.6 Å². The van der Waals surface area contributed by atoms with Crippen molar-refractivity contribution < 1.29 is 0 Å². The lowest BCUT2D eigenvalue weighted by atomic mass is 9.98. The average molecular weight is 233 g/mol. The van der Waals surface area contributed by atoms with Crippen molar-refractivity contribution in [3.63, 3.8) is 0 Å². The summed E-state index contributed by atoms with van der Waals surface area (Å²) in [6.07, 6.45) is 11.5. The van der Waals surface area contributed by atoms with Gasteiger partial charge in [0.1, 0.15) is 0 Å². The van der Waals surface area contributed by atoms with E-state index in [9.17, 15) is 0 Å². The van der Waals surface area contributed by atoms with Crippen LogP contribution in [-0.2, 0) is 19.4 Å². The highest BCUT2D eigenvalue weighted by Gasteiger charge is 2.16. The van der Waals surface area contributed by atoms with Crippen molar-refractivity contribution in [1.29, 1.82) is 0 Å². The number of fused-ring (bicyclic) bond motifs is 1. The standard InChI is InChI=1S/C14H23N3/c1-4-8-16(9-5-1)10-11-17-14-7-3-2-6-13(14)12-15-17/h12H,1-11H2. The summed E-state index contributed by atoms with van der Waals surface area (Å²) in [4.78, 5) is 2.60. The predicted octanol–water partition coefficient (Wildman–Crippen LogP) is 2.25. The molecule has 3 rings (SSSR count). The number of piperidine rings is 1. The summed E-state index contributed by atoms with van der Waals surface area (Å²) in [5.41, 5.74) is 3.03. The fraction of sp³-hybridized carbons (Fsp3) is 0.786. The minimum atomic E-state index is 1.09. The molecule has 0 bridgehead atoms. The van der Waals surface area contributed by atoms with Gasteiger partial charge in [-0.25, -0.2) is 0 Å². The van der Waals surface area contributed by atoms with Gasteiger partial charge in [-0.05, 0) is 57.2 Å². The molecule has 0 spiro atoms. The molecule has 2 heterocycles. The van der Waals surface area contributed by atoms with Crippen molar-refractivity contribution in [2.45, 2.75) is 51.5 Å². The largest absolute Gasteiger partial charge is 0.301 e. The van der Waals surface area contributed by atoms with Gasteiger partial charge in [-0.15, -0.1) is 0 Å². The van der Waals surface area contributed by atoms with Crippen LogP contribution in [0.3, 0.4) is 0 Å². The van der Waals surface area contributed by atoms with Crippen molar-refractivity contribution >= 4 is 0 Å². The minimum absolute atomic E-state index is 1.09. The molecule has 0 amide bonds. The molecule has 1 aromatic rings. The number of aromatic nitrogens is 2. The SMILES string of the molecule is c1nn(CCN2CCCCC2)c2c1CCCC2. The van der Waals surface area contributed by atoms with Gasteiger partial charge in [-0.1, -0.05) is 6.42 Å². The van der Waals surface area contributed by atoms with Crippen molar-refractivity contribution in [3.05, 3.63) is 17.5 Å². The highest BCUT2D eigenvalue weighted by Crippen LogP contribution is 2.20. The van der Waals surface area contributed by atoms with E-state index in [0.717, 1.165) is 6.54 Å². The third-order valence-electron chi connectivity index (χ3n) is 4.22. The van der Waals surface area contributed by atoms with Crippen LogP contribution in [0.1, 0.15) is 43.4 Å². The minimum Gasteiger partial charge on any atom is -0.301 e. The number of hydrogen-bond acceptors (Lipinski definition) is 2. The molecular weight excluding hydrogens is 210 g/mol. The molecule has 94 valence electrons. The fourth-order valence-electron chi connectivity index (χ4n) is 3.17. The Morgan fingerprint density at radius 3 is 2.65 bits per heavy atom. The van der Waals surface area contributed by atoms with Gasteiger partial charge in [0.25, 0.3) is 0 Å². The van der Waals surface area contributed by atoms with Crippen LogP contribution in [-0.4, -0.2) is 34.3 Å². The molecule has 0 aromatic carbocycles. The summed E-state index contributed by atoms with van der Waals surface area (Å²) >= 11 is 0. The van der Waals surface area contributed by atoms with Crippen LogP contribution in [0.15, 0.2) is 6.20 Å². The summed E-state index contributed by atoms with van der Waals surface area (Å²) in [7, 11) is 0. The van der Waals surface area contributed by atoms with Crippen molar-refractivity contribution in [2.24, 2.45) is 0 Å². The number of likely N-dealkylation sites (tertiary alicyclic amines) is 1. The Kier molecular flexibility index (Phi) is 3.46. The highest BCUT2D eigenvalue weighted by atomic mass is 15.3. The lowest BCUT2D eigenvalue weighted by Gasteiger charge is -2.26. The molecule has 1 aliphatic carbocycles. The zero-order chi connectivity index (χ0) is 11.5. The van der Waals surface area contributed by atoms with Gasteiger partial charge >= 0.3 is 0 Å². The van der Waals surface area contributed by atoms with E-state index >= 15 is 0 Å². The first-order chi connectivity index (χ1) is 8.43. The van der Waals surface area contributed by atoms with Crippen LogP contribution in [0.2, 0.25) is 0 Å². The molecule has 0 unspecified atom stereocenters. The maximum atomic E-state index is 4.57. The Morgan fingerprint density at radius 2 is 1.76 bits per heavy atom. The first-order valence-electron chi connectivity index (χ1n) is 7.19. The molecule has 1 aliphatic heterocycles. The van der Waals surface area contributed by atoms with Crippen LogP contribution >= 0.6 is 0 Å². The van der Waals surface area contributed by atoms with Crippen LogP contribution in [0.4, 0.5) is 0 Å². The molecule has 3 heteroatoms. The summed E-state index contributed by atoms with van der Waals surface area (Å²) in [5.74, 6) is 0. The van der Waals surface area contributed by atoms with Crippen molar-refractivity contribution in [3.8, 4) is 0 Å². The first kappa shape index (κ1) is 11.3. The molecule has 0 radical (unpaired) electrons. The quantitative estimate of drug-likeness (QED) is 0.798. The lowest BCUT2D eigenvalue weighted by Crippen LogP contribution is -2.33. The fourth-order valence-corrected chi connectivity index (χ4v) is 3.17. The van der Waals surface area contributed by atoms with E-state index in [1.807, 2.05) is 0 Å². The molecule has 2 aliphatic rings. The Bertz CT molecular complexity index is 364. The smallest absolute Gasteiger partial charge is 0.0539 e. The number of nitrogens with zero attached hydrogens (tertiary/aromatic N) is 3. The summed E-state index contributed by atoms with van der Waals surface area (Å²) in [5, 5.41) is 4.57. The summed E-state index contributed by atoms with van der Waals surface area (Å²) < 4.78 is 2.27. The van der Waals surface area contributed by atoms with Crippen LogP contribution in [0, 0.1) is 0 Å². The van der Waals surface area contributed by atoms with E-state index in [4.69, 9.17) is 0 Å². The third-order valence-corrected chi connectivity index (χ3v) is 4.22. The zero-order valence-electron chi connectivity index (χ0n) is 10.7. The zero-order valence-corrected chi connectivity index (χ0v) is 10.7. The molecule has 1 saturated heterocycles. The lowest BCUT2D eigenvalue weighted by molar-refractivity contribution is 0.217. The molecule has 1 aromatic heterocycles. The van der Waals surface area contributed by atoms with Gasteiger partial charge in [0, 0.05) is 12.2 Å². The van der Waals surface area contributed by atoms with Crippen LogP contribution in [0.5, 0.6) is 0 Å². The third kappa shape index (κ3) is 2.54. The summed E-state index contributed by atoms with van der Waals surface area (Å²) in [6.45, 7) is 4.87. The van der Waals surface area contributed by atoms with E-state index in [1.54, 1.807) is 0 Å². The molecule has 17 heavy (non-hydrogen) atoms. The normalized spacial score (nSPS) is 21.4. The maximum absolute atomic E-state index is 4.57. The van der Waals surface area contributed by atoms with Crippen molar-refractivity contribution in [1.82, 2.24) is 14.7 Å². The Morgan fingerprint density at radius 1 is 0.941 bits per heavy atom. The Balaban J connectivity index is 1.59.